The summed E-state index contributed by atoms with van der Waals surface area (Å²) in [5.41, 5.74) is 2.24. The summed E-state index contributed by atoms with van der Waals surface area (Å²) < 4.78 is 9.18. The molecule has 0 radical (unpaired) electrons. The van der Waals surface area contributed by atoms with Gasteiger partial charge in [0.1, 0.15) is 5.57 Å². The van der Waals surface area contributed by atoms with Gasteiger partial charge in [0.05, 0.1) is 14.2 Å². The Morgan fingerprint density at radius 3 is 2.25 bits per heavy atom. The van der Waals surface area contributed by atoms with E-state index in [4.69, 9.17) is 0 Å². The molecule has 2 rings (SSSR count). The van der Waals surface area contributed by atoms with Crippen molar-refractivity contribution in [2.24, 2.45) is 5.92 Å². The van der Waals surface area contributed by atoms with Crippen LogP contribution < -0.4 is 0 Å². The SMILES string of the molecule is COC(=O)C(=CC1C/C1=C\c1ccccc1)C(=O)OC. The molecule has 4 nitrogen and oxygen atoms in total. The van der Waals surface area contributed by atoms with E-state index in [1.54, 1.807) is 6.08 Å². The monoisotopic (exact) mass is 272 g/mol. The standard InChI is InChI=1S/C16H16O4/c1-19-15(17)14(16(18)20-2)10-13-9-12(13)8-11-6-4-3-5-7-11/h3-8,10,13H,9H2,1-2H3/b12-8+. The average molecular weight is 272 g/mol. The third kappa shape index (κ3) is 3.35. The van der Waals surface area contributed by atoms with Crippen LogP contribution in [0.15, 0.2) is 47.6 Å². The zero-order chi connectivity index (χ0) is 14.5. The molecule has 1 unspecified atom stereocenters. The maximum atomic E-state index is 11.5. The summed E-state index contributed by atoms with van der Waals surface area (Å²) in [6, 6.07) is 9.90. The summed E-state index contributed by atoms with van der Waals surface area (Å²) in [5.74, 6) is -1.23. The van der Waals surface area contributed by atoms with Crippen LogP contribution in [-0.4, -0.2) is 26.2 Å². The lowest BCUT2D eigenvalue weighted by atomic mass is 10.1. The van der Waals surface area contributed by atoms with E-state index in [-0.39, 0.29) is 11.5 Å². The molecule has 1 aliphatic carbocycles. The summed E-state index contributed by atoms with van der Waals surface area (Å²) in [6.45, 7) is 0. The number of allylic oxidation sites excluding steroid dienone is 2. The van der Waals surface area contributed by atoms with Crippen molar-refractivity contribution in [3.05, 3.63) is 53.1 Å². The van der Waals surface area contributed by atoms with Gasteiger partial charge in [-0.25, -0.2) is 9.59 Å². The Morgan fingerprint density at radius 1 is 1.10 bits per heavy atom. The van der Waals surface area contributed by atoms with Gasteiger partial charge in [0.2, 0.25) is 0 Å². The molecular formula is C16H16O4. The quantitative estimate of drug-likeness (QED) is 0.365. The highest BCUT2D eigenvalue weighted by molar-refractivity contribution is 6.14. The van der Waals surface area contributed by atoms with Gasteiger partial charge in [-0.1, -0.05) is 48.1 Å². The van der Waals surface area contributed by atoms with E-state index in [1.807, 2.05) is 30.3 Å². The van der Waals surface area contributed by atoms with Gasteiger partial charge in [0, 0.05) is 5.92 Å². The molecule has 0 bridgehead atoms. The molecule has 1 fully saturated rings. The summed E-state index contributed by atoms with van der Waals surface area (Å²) in [4.78, 5) is 23.1. The average Bonchev–Trinajstić information content (AvgIpc) is 3.22. The van der Waals surface area contributed by atoms with E-state index in [0.717, 1.165) is 12.0 Å². The highest BCUT2D eigenvalue weighted by Gasteiger charge is 2.31. The summed E-state index contributed by atoms with van der Waals surface area (Å²) >= 11 is 0. The first-order valence-corrected chi connectivity index (χ1v) is 6.29. The number of benzene rings is 1. The molecule has 0 heterocycles. The second-order valence-corrected chi connectivity index (χ2v) is 4.50. The maximum absolute atomic E-state index is 11.5. The lowest BCUT2D eigenvalue weighted by Crippen LogP contribution is -2.16. The minimum atomic E-state index is -0.664. The number of esters is 2. The molecule has 0 N–H and O–H groups in total. The molecular weight excluding hydrogens is 256 g/mol. The van der Waals surface area contributed by atoms with Crippen LogP contribution in [0.1, 0.15) is 12.0 Å². The molecule has 0 amide bonds. The van der Waals surface area contributed by atoms with E-state index in [9.17, 15) is 9.59 Å². The molecule has 1 atom stereocenters. The van der Waals surface area contributed by atoms with Crippen LogP contribution in [-0.2, 0) is 19.1 Å². The van der Waals surface area contributed by atoms with Crippen molar-refractivity contribution in [3.8, 4) is 0 Å². The van der Waals surface area contributed by atoms with Crippen molar-refractivity contribution in [1.29, 1.82) is 0 Å². The molecule has 20 heavy (non-hydrogen) atoms. The molecule has 0 aromatic heterocycles. The third-order valence-corrected chi connectivity index (χ3v) is 3.10. The van der Waals surface area contributed by atoms with Crippen LogP contribution in [0.2, 0.25) is 0 Å². The van der Waals surface area contributed by atoms with E-state index in [1.165, 1.54) is 19.8 Å². The molecule has 104 valence electrons. The third-order valence-electron chi connectivity index (χ3n) is 3.10. The Morgan fingerprint density at radius 2 is 1.70 bits per heavy atom. The molecule has 4 heteroatoms. The van der Waals surface area contributed by atoms with Crippen LogP contribution in [0.25, 0.3) is 6.08 Å². The van der Waals surface area contributed by atoms with Gasteiger partial charge in [-0.15, -0.1) is 0 Å². The van der Waals surface area contributed by atoms with Crippen molar-refractivity contribution in [2.45, 2.75) is 6.42 Å². The summed E-state index contributed by atoms with van der Waals surface area (Å²) in [7, 11) is 2.49. The predicted molar refractivity (Wildman–Crippen MR) is 74.6 cm³/mol. The van der Waals surface area contributed by atoms with E-state index in [2.05, 4.69) is 15.5 Å². The van der Waals surface area contributed by atoms with Crippen LogP contribution >= 0.6 is 0 Å². The van der Waals surface area contributed by atoms with Crippen molar-refractivity contribution in [2.75, 3.05) is 14.2 Å². The Hall–Kier alpha value is -2.36. The normalized spacial score (nSPS) is 18.3. The van der Waals surface area contributed by atoms with E-state index >= 15 is 0 Å². The van der Waals surface area contributed by atoms with E-state index in [0.29, 0.717) is 0 Å². The number of rotatable bonds is 4. The van der Waals surface area contributed by atoms with Crippen molar-refractivity contribution in [1.82, 2.24) is 0 Å². The lowest BCUT2D eigenvalue weighted by molar-refractivity contribution is -0.144. The largest absolute Gasteiger partial charge is 0.465 e. The fourth-order valence-electron chi connectivity index (χ4n) is 1.93. The molecule has 1 aromatic rings. The Balaban J connectivity index is 2.13. The fraction of sp³-hybridized carbons (Fsp3) is 0.250. The first-order valence-electron chi connectivity index (χ1n) is 6.29. The maximum Gasteiger partial charge on any atom is 0.344 e. The number of carbonyl (C=O) groups excluding carboxylic acids is 2. The molecule has 1 aliphatic rings. The zero-order valence-electron chi connectivity index (χ0n) is 11.5. The number of hydrogen-bond donors (Lipinski definition) is 0. The van der Waals surface area contributed by atoms with Gasteiger partial charge in [0.25, 0.3) is 0 Å². The van der Waals surface area contributed by atoms with Gasteiger partial charge in [0.15, 0.2) is 0 Å². The summed E-state index contributed by atoms with van der Waals surface area (Å²) in [6.07, 6.45) is 4.52. The second kappa shape index (κ2) is 6.19. The summed E-state index contributed by atoms with van der Waals surface area (Å²) in [5, 5.41) is 0. The highest BCUT2D eigenvalue weighted by Crippen LogP contribution is 2.41. The molecule has 0 spiro atoms. The van der Waals surface area contributed by atoms with E-state index < -0.39 is 11.9 Å². The van der Waals surface area contributed by atoms with Crippen molar-refractivity contribution < 1.29 is 19.1 Å². The molecule has 0 aliphatic heterocycles. The smallest absolute Gasteiger partial charge is 0.344 e. The molecule has 0 saturated heterocycles. The topological polar surface area (TPSA) is 52.6 Å². The van der Waals surface area contributed by atoms with Gasteiger partial charge < -0.3 is 9.47 Å². The predicted octanol–water partition coefficient (Wildman–Crippen LogP) is 2.36. The van der Waals surface area contributed by atoms with Crippen LogP contribution in [0.4, 0.5) is 0 Å². The van der Waals surface area contributed by atoms with Crippen LogP contribution in [0.5, 0.6) is 0 Å². The van der Waals surface area contributed by atoms with Crippen molar-refractivity contribution >= 4 is 18.0 Å². The van der Waals surface area contributed by atoms with Crippen LogP contribution in [0, 0.1) is 5.92 Å². The zero-order valence-corrected chi connectivity index (χ0v) is 11.5. The number of ether oxygens (including phenoxy) is 2. The van der Waals surface area contributed by atoms with Crippen LogP contribution in [0.3, 0.4) is 0 Å². The number of carbonyl (C=O) groups is 2. The van der Waals surface area contributed by atoms with Gasteiger partial charge >= 0.3 is 11.9 Å². The number of methoxy groups -OCH3 is 2. The molecule has 1 aromatic carbocycles. The fourth-order valence-corrected chi connectivity index (χ4v) is 1.93. The highest BCUT2D eigenvalue weighted by atomic mass is 16.5. The Bertz CT molecular complexity index is 551. The lowest BCUT2D eigenvalue weighted by Gasteiger charge is -2.02. The number of hydrogen-bond acceptors (Lipinski definition) is 4. The van der Waals surface area contributed by atoms with Gasteiger partial charge in [-0.05, 0) is 12.0 Å². The minimum Gasteiger partial charge on any atom is -0.465 e. The second-order valence-electron chi connectivity index (χ2n) is 4.50. The first-order chi connectivity index (χ1) is 9.65. The Kier molecular flexibility index (Phi) is 4.35. The van der Waals surface area contributed by atoms with Crippen molar-refractivity contribution in [3.63, 3.8) is 0 Å². The van der Waals surface area contributed by atoms with Gasteiger partial charge in [-0.2, -0.15) is 0 Å². The van der Waals surface area contributed by atoms with Gasteiger partial charge in [-0.3, -0.25) is 0 Å². The molecule has 1 saturated carbocycles. The minimum absolute atomic E-state index is 0.0449. The Labute approximate surface area is 117 Å². The first kappa shape index (κ1) is 14.1.